The number of carbonyl (C=O) groups is 1. The Kier molecular flexibility index (Phi) is 10.7. The van der Waals surface area contributed by atoms with Gasteiger partial charge in [0.2, 0.25) is 10.0 Å². The molecule has 0 radical (unpaired) electrons. The van der Waals surface area contributed by atoms with Crippen LogP contribution in [0, 0.1) is 6.92 Å². The smallest absolute Gasteiger partial charge is 0.257 e. The summed E-state index contributed by atoms with van der Waals surface area (Å²) in [6, 6.07) is 5.53. The van der Waals surface area contributed by atoms with Crippen molar-refractivity contribution in [1.29, 1.82) is 0 Å². The zero-order valence-corrected chi connectivity index (χ0v) is 21.6. The monoisotopic (exact) mass is 515 g/mol. The summed E-state index contributed by atoms with van der Waals surface area (Å²) in [5.41, 5.74) is 1.31. The minimum absolute atomic E-state index is 0.0995. The number of aromatic nitrogens is 2. The lowest BCUT2D eigenvalue weighted by Gasteiger charge is -2.12. The maximum absolute atomic E-state index is 12.1. The Hall–Kier alpha value is -2.03. The first-order chi connectivity index (χ1) is 15.7. The Bertz CT molecular complexity index is 1080. The number of imidazole rings is 1. The van der Waals surface area contributed by atoms with Crippen molar-refractivity contribution in [2.45, 2.75) is 59.4 Å². The van der Waals surface area contributed by atoms with Gasteiger partial charge in [-0.2, -0.15) is 0 Å². The maximum atomic E-state index is 12.1. The second-order valence-electron chi connectivity index (χ2n) is 7.70. The Balaban J connectivity index is 2.13. The Morgan fingerprint density at radius 2 is 1.91 bits per heavy atom. The molecule has 0 aliphatic heterocycles. The molecule has 1 aromatic carbocycles. The predicted molar refractivity (Wildman–Crippen MR) is 133 cm³/mol. The van der Waals surface area contributed by atoms with E-state index in [9.17, 15) is 13.2 Å². The van der Waals surface area contributed by atoms with Crippen LogP contribution in [0.2, 0.25) is 10.2 Å². The van der Waals surface area contributed by atoms with Crippen LogP contribution in [0.15, 0.2) is 24.3 Å². The van der Waals surface area contributed by atoms with Crippen LogP contribution in [-0.2, 0) is 21.4 Å². The van der Waals surface area contributed by atoms with Crippen molar-refractivity contribution < 1.29 is 17.9 Å². The van der Waals surface area contributed by atoms with Crippen molar-refractivity contribution in [3.63, 3.8) is 0 Å². The molecule has 10 heteroatoms. The molecule has 33 heavy (non-hydrogen) atoms. The number of aryl methyl sites for hydroxylation is 1. The fraction of sp³-hybridized carbons (Fsp3) is 0.478. The van der Waals surface area contributed by atoms with Crippen LogP contribution < -0.4 is 9.46 Å². The van der Waals surface area contributed by atoms with Crippen molar-refractivity contribution in [2.75, 3.05) is 12.4 Å². The topological polar surface area (TPSA) is 90.3 Å². The molecular weight excluding hydrogens is 485 g/mol. The highest BCUT2D eigenvalue weighted by atomic mass is 35.5. The highest BCUT2D eigenvalue weighted by molar-refractivity contribution is 7.90. The highest BCUT2D eigenvalue weighted by Crippen LogP contribution is 2.26. The molecule has 0 bridgehead atoms. The maximum Gasteiger partial charge on any atom is 0.257 e. The van der Waals surface area contributed by atoms with Gasteiger partial charge in [-0.1, -0.05) is 62.4 Å². The third-order valence-corrected chi connectivity index (χ3v) is 6.91. The van der Waals surface area contributed by atoms with E-state index in [0.29, 0.717) is 48.3 Å². The van der Waals surface area contributed by atoms with Gasteiger partial charge in [0.05, 0.1) is 24.6 Å². The van der Waals surface area contributed by atoms with Crippen LogP contribution >= 0.6 is 23.2 Å². The average molecular weight is 516 g/mol. The largest absolute Gasteiger partial charge is 0.494 e. The second kappa shape index (κ2) is 13.0. The first-order valence-electron chi connectivity index (χ1n) is 11.0. The number of amides is 1. The summed E-state index contributed by atoms with van der Waals surface area (Å²) in [7, 11) is -3.67. The van der Waals surface area contributed by atoms with E-state index >= 15 is 0 Å². The fourth-order valence-electron chi connectivity index (χ4n) is 3.09. The molecule has 0 spiro atoms. The molecule has 0 fully saturated rings. The van der Waals surface area contributed by atoms with Crippen molar-refractivity contribution in [3.05, 3.63) is 51.5 Å². The van der Waals surface area contributed by atoms with Crippen LogP contribution in [-0.4, -0.2) is 36.2 Å². The summed E-state index contributed by atoms with van der Waals surface area (Å²) in [6.45, 7) is 6.82. The normalized spacial score (nSPS) is 11.8. The van der Waals surface area contributed by atoms with Crippen LogP contribution in [0.1, 0.15) is 63.0 Å². The van der Waals surface area contributed by atoms with Gasteiger partial charge in [-0.15, -0.1) is 0 Å². The summed E-state index contributed by atoms with van der Waals surface area (Å²) < 4.78 is 33.4. The van der Waals surface area contributed by atoms with Gasteiger partial charge in [-0.25, -0.2) is 18.1 Å². The first-order valence-corrected chi connectivity index (χ1v) is 13.4. The zero-order valence-electron chi connectivity index (χ0n) is 19.2. The van der Waals surface area contributed by atoms with Crippen molar-refractivity contribution >= 4 is 45.2 Å². The van der Waals surface area contributed by atoms with Gasteiger partial charge < -0.3 is 9.30 Å². The number of halogens is 2. The van der Waals surface area contributed by atoms with Gasteiger partial charge in [0, 0.05) is 11.1 Å². The summed E-state index contributed by atoms with van der Waals surface area (Å²) in [5.74, 6) is 0.501. The lowest BCUT2D eigenvalue weighted by atomic mass is 10.2. The number of nitrogens with one attached hydrogen (secondary N) is 1. The van der Waals surface area contributed by atoms with Crippen LogP contribution in [0.25, 0.3) is 6.08 Å². The first kappa shape index (κ1) is 27.2. The molecular formula is C23H31Cl2N3O4S. The van der Waals surface area contributed by atoms with Crippen LogP contribution in [0.5, 0.6) is 5.75 Å². The summed E-state index contributed by atoms with van der Waals surface area (Å²) in [5, 5.41) is 0.749. The Morgan fingerprint density at radius 1 is 1.18 bits per heavy atom. The van der Waals surface area contributed by atoms with Gasteiger partial charge in [0.1, 0.15) is 11.6 Å². The number of carbonyl (C=O) groups excluding carboxylic acids is 1. The van der Waals surface area contributed by atoms with Gasteiger partial charge in [0.25, 0.3) is 5.91 Å². The molecule has 1 aromatic heterocycles. The standard InChI is InChI=1S/C23H31Cl2N3O4S/c1-4-6-8-13-32-19-10-9-18(20(24)15-19)16-28-17(3)26-23(25)21(28)11-12-22(29)27-33(30,31)14-7-5-2/h9-12,15H,4-8,13-14,16H2,1-3H3,(H,27,29)/b12-11+. The Morgan fingerprint density at radius 3 is 2.58 bits per heavy atom. The zero-order chi connectivity index (χ0) is 24.4. The minimum atomic E-state index is -3.67. The molecule has 0 unspecified atom stereocenters. The number of sulfonamides is 1. The molecule has 1 N–H and O–H groups in total. The lowest BCUT2D eigenvalue weighted by Crippen LogP contribution is -2.31. The summed E-state index contributed by atoms with van der Waals surface area (Å²) in [4.78, 5) is 16.4. The molecule has 0 atom stereocenters. The average Bonchev–Trinajstić information content (AvgIpc) is 3.02. The molecule has 0 aliphatic carbocycles. The minimum Gasteiger partial charge on any atom is -0.494 e. The Labute approximate surface area is 206 Å². The van der Waals surface area contributed by atoms with Crippen molar-refractivity contribution in [1.82, 2.24) is 14.3 Å². The van der Waals surface area contributed by atoms with Gasteiger partial charge >= 0.3 is 0 Å². The van der Waals surface area contributed by atoms with E-state index in [-0.39, 0.29) is 10.9 Å². The lowest BCUT2D eigenvalue weighted by molar-refractivity contribution is -0.114. The van der Waals surface area contributed by atoms with Crippen molar-refractivity contribution in [2.24, 2.45) is 0 Å². The third-order valence-electron chi connectivity index (χ3n) is 4.94. The molecule has 7 nitrogen and oxygen atoms in total. The molecule has 2 aromatic rings. The summed E-state index contributed by atoms with van der Waals surface area (Å²) in [6.07, 6.45) is 7.02. The van der Waals surface area contributed by atoms with Crippen LogP contribution in [0.4, 0.5) is 0 Å². The predicted octanol–water partition coefficient (Wildman–Crippen LogP) is 5.37. The molecule has 0 saturated carbocycles. The molecule has 2 rings (SSSR count). The quantitative estimate of drug-likeness (QED) is 0.285. The molecule has 1 heterocycles. The summed E-state index contributed by atoms with van der Waals surface area (Å²) >= 11 is 12.7. The number of hydrogen-bond acceptors (Lipinski definition) is 5. The molecule has 1 amide bonds. The molecule has 0 saturated heterocycles. The second-order valence-corrected chi connectivity index (χ2v) is 10.3. The van der Waals surface area contributed by atoms with Gasteiger partial charge in [-0.05, 0) is 43.5 Å². The number of hydrogen-bond donors (Lipinski definition) is 1. The van der Waals surface area contributed by atoms with E-state index in [1.165, 1.54) is 6.08 Å². The molecule has 182 valence electrons. The van der Waals surface area contributed by atoms with E-state index in [1.54, 1.807) is 17.6 Å². The number of rotatable bonds is 13. The number of nitrogens with zero attached hydrogens (tertiary/aromatic N) is 2. The van der Waals surface area contributed by atoms with Gasteiger partial charge in [0.15, 0.2) is 5.15 Å². The van der Waals surface area contributed by atoms with Crippen LogP contribution in [0.3, 0.4) is 0 Å². The van der Waals surface area contributed by atoms with E-state index in [2.05, 4.69) is 11.9 Å². The van der Waals surface area contributed by atoms with Gasteiger partial charge in [-0.3, -0.25) is 4.79 Å². The number of unbranched alkanes of at least 4 members (excludes halogenated alkanes) is 3. The van der Waals surface area contributed by atoms with E-state index in [0.717, 1.165) is 30.9 Å². The fourth-order valence-corrected chi connectivity index (χ4v) is 4.75. The van der Waals surface area contributed by atoms with E-state index < -0.39 is 15.9 Å². The van der Waals surface area contributed by atoms with E-state index in [4.69, 9.17) is 27.9 Å². The third kappa shape index (κ3) is 8.68. The van der Waals surface area contributed by atoms with E-state index in [1.807, 2.05) is 23.8 Å². The SMILES string of the molecule is CCCCCOc1ccc(Cn2c(C)nc(Cl)c2/C=C/C(=O)NS(=O)(=O)CCCC)c(Cl)c1. The molecule has 0 aliphatic rings. The number of ether oxygens (including phenoxy) is 1. The number of benzene rings is 1. The van der Waals surface area contributed by atoms with Crippen molar-refractivity contribution in [3.8, 4) is 5.75 Å². The highest BCUT2D eigenvalue weighted by Gasteiger charge is 2.15.